The molecule has 1 rings (SSSR count). The number of nitrogens with zero attached hydrogens (tertiary/aromatic N) is 1. The topological polar surface area (TPSA) is 59.4 Å². The molecule has 1 aromatic rings. The third-order valence-corrected chi connectivity index (χ3v) is 1.61. The largest absolute Gasteiger partial charge is 0.494 e. The van der Waals surface area contributed by atoms with Crippen LogP contribution in [0.5, 0.6) is 5.75 Å². The van der Waals surface area contributed by atoms with Gasteiger partial charge in [0.15, 0.2) is 5.75 Å². The van der Waals surface area contributed by atoms with E-state index in [-0.39, 0.29) is 15.9 Å². The van der Waals surface area contributed by atoms with Crippen LogP contribution in [-0.4, -0.2) is 23.1 Å². The first-order valence-electron chi connectivity index (χ1n) is 4.37. The lowest BCUT2D eigenvalue weighted by atomic mass is 10.2. The molecule has 1 aromatic heterocycles. The number of halogens is 1. The van der Waals surface area contributed by atoms with Gasteiger partial charge in [-0.2, -0.15) is 0 Å². The Kier molecular flexibility index (Phi) is 1.63. The van der Waals surface area contributed by atoms with E-state index in [2.05, 4.69) is 25.7 Å². The van der Waals surface area contributed by atoms with Crippen LogP contribution < -0.4 is 4.74 Å². The van der Waals surface area contributed by atoms with Gasteiger partial charge in [0.05, 0.1) is 17.3 Å². The Balaban J connectivity index is 3.12. The number of ether oxygens (including phenoxy) is 1. The maximum Gasteiger partial charge on any atom is 0.339 e. The van der Waals surface area contributed by atoms with Gasteiger partial charge < -0.3 is 9.84 Å². The van der Waals surface area contributed by atoms with Gasteiger partial charge in [0.1, 0.15) is 10.2 Å². The summed E-state index contributed by atoms with van der Waals surface area (Å²) in [6.45, 7) is 0. The van der Waals surface area contributed by atoms with Crippen LogP contribution in [0.1, 0.15) is 14.5 Å². The summed E-state index contributed by atoms with van der Waals surface area (Å²) in [5.74, 6) is -1.57. The van der Waals surface area contributed by atoms with Crippen LogP contribution in [0.2, 0.25) is 0 Å². The van der Waals surface area contributed by atoms with Crippen LogP contribution in [0.15, 0.2) is 16.9 Å². The lowest BCUT2D eigenvalue weighted by Crippen LogP contribution is -2.01. The highest BCUT2D eigenvalue weighted by Gasteiger charge is 2.11. The van der Waals surface area contributed by atoms with E-state index in [1.165, 1.54) is 6.07 Å². The number of methoxy groups -OCH3 is 1. The second kappa shape index (κ2) is 3.53. The van der Waals surface area contributed by atoms with Gasteiger partial charge in [-0.3, -0.25) is 0 Å². The van der Waals surface area contributed by atoms with Crippen LogP contribution in [-0.2, 0) is 0 Å². The molecule has 12 heavy (non-hydrogen) atoms. The van der Waals surface area contributed by atoms with Crippen molar-refractivity contribution in [2.45, 2.75) is 0 Å². The van der Waals surface area contributed by atoms with Crippen LogP contribution in [0.4, 0.5) is 0 Å². The third-order valence-electron chi connectivity index (χ3n) is 1.17. The first-order chi connectivity index (χ1) is 6.79. The molecule has 1 heterocycles. The van der Waals surface area contributed by atoms with Crippen molar-refractivity contribution in [3.05, 3.63) is 22.4 Å². The minimum Gasteiger partial charge on any atom is -0.494 e. The summed E-state index contributed by atoms with van der Waals surface area (Å²) >= 11 is 2.97. The lowest BCUT2D eigenvalue weighted by Gasteiger charge is -2.02. The number of carboxylic acid groups (broad SMARTS) is 1. The summed E-state index contributed by atoms with van der Waals surface area (Å²) in [6.07, 6.45) is 1.04. The molecule has 0 aromatic carbocycles. The van der Waals surface area contributed by atoms with Crippen molar-refractivity contribution < 1.29 is 18.8 Å². The molecule has 0 atom stereocenters. The molecule has 0 amide bonds. The Morgan fingerprint density at radius 3 is 3.25 bits per heavy atom. The van der Waals surface area contributed by atoms with Gasteiger partial charge in [-0.15, -0.1) is 0 Å². The average molecular weight is 235 g/mol. The van der Waals surface area contributed by atoms with Gasteiger partial charge in [-0.05, 0) is 22.0 Å². The summed E-state index contributed by atoms with van der Waals surface area (Å²) in [5, 5.41) is 8.77. The second-order valence-corrected chi connectivity index (χ2v) is 2.72. The summed E-state index contributed by atoms with van der Waals surface area (Å²) in [6, 6.07) is 1.17. The van der Waals surface area contributed by atoms with E-state index in [4.69, 9.17) is 9.22 Å². The molecule has 0 aliphatic carbocycles. The maximum atomic E-state index is 10.7. The molecule has 0 unspecified atom stereocenters. The zero-order valence-corrected chi connectivity index (χ0v) is 7.33. The Hall–Kier alpha value is -1.10. The fourth-order valence-corrected chi connectivity index (χ4v) is 0.997. The standard InChI is InChI=1S/C7H6BrNO3/c1-12-5-3-9-6(8)2-4(5)7(10)11/h2-3H,1H3,(H,10,11)/i1D3. The monoisotopic (exact) mass is 234 g/mol. The van der Waals surface area contributed by atoms with E-state index in [1.54, 1.807) is 0 Å². The molecule has 64 valence electrons. The van der Waals surface area contributed by atoms with Crippen molar-refractivity contribution in [1.82, 2.24) is 4.98 Å². The van der Waals surface area contributed by atoms with E-state index in [0.717, 1.165) is 6.20 Å². The third kappa shape index (κ3) is 1.73. The van der Waals surface area contributed by atoms with E-state index in [1.807, 2.05) is 0 Å². The average Bonchev–Trinajstić information content (AvgIpc) is 2.05. The summed E-state index contributed by atoms with van der Waals surface area (Å²) in [4.78, 5) is 14.4. The second-order valence-electron chi connectivity index (χ2n) is 1.91. The fourth-order valence-electron chi connectivity index (χ4n) is 0.666. The number of carbonyl (C=O) groups is 1. The number of pyridine rings is 1. The summed E-state index contributed by atoms with van der Waals surface area (Å²) in [5.41, 5.74) is -0.256. The molecule has 0 saturated carbocycles. The van der Waals surface area contributed by atoms with Crippen molar-refractivity contribution >= 4 is 21.9 Å². The van der Waals surface area contributed by atoms with Crippen LogP contribution in [0, 0.1) is 0 Å². The highest BCUT2D eigenvalue weighted by atomic mass is 79.9. The highest BCUT2D eigenvalue weighted by molar-refractivity contribution is 9.10. The SMILES string of the molecule is [2H]C([2H])([2H])Oc1cnc(Br)cc1C(=O)O. The normalized spacial score (nSPS) is 14.2. The summed E-state index contributed by atoms with van der Waals surface area (Å²) in [7, 11) is -2.69. The molecule has 0 aliphatic heterocycles. The van der Waals surface area contributed by atoms with Crippen molar-refractivity contribution in [2.24, 2.45) is 0 Å². The number of aromatic carboxylic acids is 1. The van der Waals surface area contributed by atoms with Gasteiger partial charge in [-0.25, -0.2) is 9.78 Å². The number of hydrogen-bond donors (Lipinski definition) is 1. The quantitative estimate of drug-likeness (QED) is 0.790. The molecule has 4 nitrogen and oxygen atoms in total. The molecular weight excluding hydrogens is 226 g/mol. The molecule has 0 aliphatic rings. The van der Waals surface area contributed by atoms with E-state index in [0.29, 0.717) is 0 Å². The minimum absolute atomic E-state index is 0.256. The molecule has 0 saturated heterocycles. The number of hydrogen-bond acceptors (Lipinski definition) is 3. The first kappa shape index (κ1) is 5.53. The van der Waals surface area contributed by atoms with Gasteiger partial charge in [0.25, 0.3) is 0 Å². The van der Waals surface area contributed by atoms with Crippen molar-refractivity contribution in [3.63, 3.8) is 0 Å². The predicted octanol–water partition coefficient (Wildman–Crippen LogP) is 1.55. The van der Waals surface area contributed by atoms with E-state index < -0.39 is 13.0 Å². The molecule has 0 bridgehead atoms. The van der Waals surface area contributed by atoms with Crippen LogP contribution in [0.25, 0.3) is 0 Å². The Morgan fingerprint density at radius 2 is 2.67 bits per heavy atom. The molecule has 0 radical (unpaired) electrons. The Bertz CT molecular complexity index is 394. The maximum absolute atomic E-state index is 10.7. The zero-order chi connectivity index (χ0) is 11.6. The van der Waals surface area contributed by atoms with E-state index >= 15 is 0 Å². The number of rotatable bonds is 2. The molecule has 5 heteroatoms. The van der Waals surface area contributed by atoms with Crippen LogP contribution >= 0.6 is 15.9 Å². The molecule has 0 fully saturated rings. The minimum atomic E-state index is -2.69. The van der Waals surface area contributed by atoms with Gasteiger partial charge in [-0.1, -0.05) is 0 Å². The van der Waals surface area contributed by atoms with Crippen molar-refractivity contribution in [3.8, 4) is 5.75 Å². The molecule has 1 N–H and O–H groups in total. The highest BCUT2D eigenvalue weighted by Crippen LogP contribution is 2.19. The number of carboxylic acids is 1. The predicted molar refractivity (Wildman–Crippen MR) is 45.4 cm³/mol. The Labute approximate surface area is 81.5 Å². The number of aromatic nitrogens is 1. The molecule has 0 spiro atoms. The van der Waals surface area contributed by atoms with Gasteiger partial charge >= 0.3 is 5.97 Å². The van der Waals surface area contributed by atoms with Crippen LogP contribution in [0.3, 0.4) is 0 Å². The van der Waals surface area contributed by atoms with Gasteiger partial charge in [0, 0.05) is 0 Å². The first-order valence-corrected chi connectivity index (χ1v) is 3.67. The van der Waals surface area contributed by atoms with Crippen molar-refractivity contribution in [2.75, 3.05) is 7.04 Å². The summed E-state index contributed by atoms with van der Waals surface area (Å²) < 4.78 is 25.3. The molecular formula is C7H6BrNO3. The fraction of sp³-hybridized carbons (Fsp3) is 0.143. The zero-order valence-electron chi connectivity index (χ0n) is 8.74. The lowest BCUT2D eigenvalue weighted by molar-refractivity contribution is 0.0693. The van der Waals surface area contributed by atoms with E-state index in [9.17, 15) is 4.79 Å². The van der Waals surface area contributed by atoms with Crippen molar-refractivity contribution in [1.29, 1.82) is 0 Å². The Morgan fingerprint density at radius 1 is 1.92 bits per heavy atom. The smallest absolute Gasteiger partial charge is 0.339 e. The van der Waals surface area contributed by atoms with Gasteiger partial charge in [0.2, 0.25) is 0 Å².